The molecule has 5 nitrogen and oxygen atoms in total. The number of benzene rings is 3. The number of rotatable bonds is 4. The summed E-state index contributed by atoms with van der Waals surface area (Å²) in [4.78, 5) is 0. The van der Waals surface area contributed by atoms with Crippen LogP contribution in [-0.4, -0.2) is 20.6 Å². The number of nitrogens with one attached hydrogen (secondary N) is 2. The van der Waals surface area contributed by atoms with E-state index < -0.39 is 0 Å². The van der Waals surface area contributed by atoms with E-state index in [0.29, 0.717) is 5.82 Å². The molecule has 0 aliphatic carbocycles. The summed E-state index contributed by atoms with van der Waals surface area (Å²) in [6.45, 7) is 0.767. The molecular formula is C18H15N5. The quantitative estimate of drug-likeness (QED) is 0.604. The van der Waals surface area contributed by atoms with Crippen molar-refractivity contribution in [1.29, 1.82) is 0 Å². The van der Waals surface area contributed by atoms with E-state index in [1.165, 1.54) is 16.3 Å². The van der Waals surface area contributed by atoms with Crippen LogP contribution in [0, 0.1) is 0 Å². The number of fused-ring (bicyclic) bond motifs is 1. The van der Waals surface area contributed by atoms with Gasteiger partial charge in [0, 0.05) is 17.8 Å². The molecule has 112 valence electrons. The van der Waals surface area contributed by atoms with Gasteiger partial charge >= 0.3 is 0 Å². The lowest BCUT2D eigenvalue weighted by Gasteiger charge is -2.08. The molecule has 0 atom stereocenters. The number of hydrogen-bond acceptors (Lipinski definition) is 4. The maximum Gasteiger partial charge on any atom is 0.179 e. The summed E-state index contributed by atoms with van der Waals surface area (Å²) in [5, 5.41) is 19.9. The lowest BCUT2D eigenvalue weighted by atomic mass is 10.1. The molecule has 0 saturated heterocycles. The third-order valence-electron chi connectivity index (χ3n) is 3.79. The number of hydrogen-bond donors (Lipinski definition) is 2. The van der Waals surface area contributed by atoms with E-state index in [0.717, 1.165) is 17.8 Å². The van der Waals surface area contributed by atoms with Crippen molar-refractivity contribution in [2.45, 2.75) is 6.54 Å². The van der Waals surface area contributed by atoms with Crippen LogP contribution in [0.25, 0.3) is 22.2 Å². The zero-order valence-corrected chi connectivity index (χ0v) is 12.4. The fourth-order valence-electron chi connectivity index (χ4n) is 2.61. The topological polar surface area (TPSA) is 66.5 Å². The second-order valence-corrected chi connectivity index (χ2v) is 5.37. The monoisotopic (exact) mass is 301 g/mol. The average molecular weight is 301 g/mol. The molecule has 0 aliphatic heterocycles. The van der Waals surface area contributed by atoms with Gasteiger partial charge in [0.15, 0.2) is 5.82 Å². The summed E-state index contributed by atoms with van der Waals surface area (Å²) in [6, 6.07) is 22.9. The van der Waals surface area contributed by atoms with Crippen molar-refractivity contribution >= 4 is 16.5 Å². The van der Waals surface area contributed by atoms with Gasteiger partial charge in [-0.1, -0.05) is 48.5 Å². The first kappa shape index (κ1) is 13.5. The standard InChI is InChI=1S/C18H15N5/c1-2-5-15-10-13(8-9-14(15)4-1)12-19-17-7-3-6-16(11-17)18-20-22-23-21-18/h1-11,19H,12H2,(H,20,21,22,23). The highest BCUT2D eigenvalue weighted by Gasteiger charge is 2.03. The van der Waals surface area contributed by atoms with Gasteiger partial charge in [0.1, 0.15) is 0 Å². The summed E-state index contributed by atoms with van der Waals surface area (Å²) in [5.74, 6) is 0.666. The number of H-pyrrole nitrogens is 1. The first-order valence-electron chi connectivity index (χ1n) is 7.44. The lowest BCUT2D eigenvalue weighted by molar-refractivity contribution is 0.881. The van der Waals surface area contributed by atoms with Crippen molar-refractivity contribution in [2.75, 3.05) is 5.32 Å². The summed E-state index contributed by atoms with van der Waals surface area (Å²) >= 11 is 0. The van der Waals surface area contributed by atoms with Gasteiger partial charge in [0.05, 0.1) is 0 Å². The van der Waals surface area contributed by atoms with Crippen molar-refractivity contribution < 1.29 is 0 Å². The Morgan fingerprint density at radius 3 is 2.65 bits per heavy atom. The third-order valence-corrected chi connectivity index (χ3v) is 3.79. The molecule has 2 N–H and O–H groups in total. The highest BCUT2D eigenvalue weighted by molar-refractivity contribution is 5.83. The first-order chi connectivity index (χ1) is 11.4. The normalized spacial score (nSPS) is 10.8. The van der Waals surface area contributed by atoms with Crippen molar-refractivity contribution in [2.24, 2.45) is 0 Å². The molecule has 0 spiro atoms. The number of anilines is 1. The minimum absolute atomic E-state index is 0.666. The summed E-state index contributed by atoms with van der Waals surface area (Å²) in [5.41, 5.74) is 3.24. The Labute approximate surface area is 133 Å². The minimum atomic E-state index is 0.666. The molecular weight excluding hydrogens is 286 g/mol. The largest absolute Gasteiger partial charge is 0.381 e. The van der Waals surface area contributed by atoms with Crippen LogP contribution in [0.2, 0.25) is 0 Å². The Kier molecular flexibility index (Phi) is 3.44. The van der Waals surface area contributed by atoms with E-state index >= 15 is 0 Å². The number of tetrazole rings is 1. The van der Waals surface area contributed by atoms with Gasteiger partial charge in [-0.25, -0.2) is 5.10 Å². The summed E-state index contributed by atoms with van der Waals surface area (Å²) in [6.07, 6.45) is 0. The average Bonchev–Trinajstić information content (AvgIpc) is 3.15. The van der Waals surface area contributed by atoms with Crippen LogP contribution in [0.4, 0.5) is 5.69 Å². The molecule has 5 heteroatoms. The van der Waals surface area contributed by atoms with Crippen molar-refractivity contribution in [1.82, 2.24) is 20.6 Å². The molecule has 3 aromatic carbocycles. The van der Waals surface area contributed by atoms with Gasteiger partial charge in [0.2, 0.25) is 0 Å². The van der Waals surface area contributed by atoms with E-state index in [1.807, 2.05) is 24.3 Å². The SMILES string of the molecule is c1cc(NCc2ccc3ccccc3c2)cc(-c2nnn[nH]2)c1. The van der Waals surface area contributed by atoms with Crippen LogP contribution in [0.15, 0.2) is 66.7 Å². The predicted molar refractivity (Wildman–Crippen MR) is 90.9 cm³/mol. The Morgan fingerprint density at radius 2 is 1.78 bits per heavy atom. The van der Waals surface area contributed by atoms with Gasteiger partial charge in [-0.15, -0.1) is 5.10 Å². The lowest BCUT2D eigenvalue weighted by Crippen LogP contribution is -1.99. The zero-order chi connectivity index (χ0) is 15.5. The fraction of sp³-hybridized carbons (Fsp3) is 0.0556. The molecule has 4 aromatic rings. The fourth-order valence-corrected chi connectivity index (χ4v) is 2.61. The summed E-state index contributed by atoms with van der Waals surface area (Å²) < 4.78 is 0. The number of aromatic amines is 1. The van der Waals surface area contributed by atoms with Crippen LogP contribution in [-0.2, 0) is 6.54 Å². The molecule has 4 rings (SSSR count). The van der Waals surface area contributed by atoms with E-state index in [4.69, 9.17) is 0 Å². The Morgan fingerprint density at radius 1 is 0.870 bits per heavy atom. The third kappa shape index (κ3) is 2.89. The second-order valence-electron chi connectivity index (χ2n) is 5.37. The summed E-state index contributed by atoms with van der Waals surface area (Å²) in [7, 11) is 0. The van der Waals surface area contributed by atoms with Crippen LogP contribution >= 0.6 is 0 Å². The van der Waals surface area contributed by atoms with Crippen LogP contribution < -0.4 is 5.32 Å². The highest BCUT2D eigenvalue weighted by Crippen LogP contribution is 2.20. The Hall–Kier alpha value is -3.21. The van der Waals surface area contributed by atoms with E-state index in [1.54, 1.807) is 0 Å². The maximum atomic E-state index is 3.94. The minimum Gasteiger partial charge on any atom is -0.381 e. The highest BCUT2D eigenvalue weighted by atomic mass is 15.5. The van der Waals surface area contributed by atoms with Gasteiger partial charge < -0.3 is 5.32 Å². The molecule has 0 saturated carbocycles. The number of nitrogens with zero attached hydrogens (tertiary/aromatic N) is 3. The molecule has 0 unspecified atom stereocenters. The molecule has 23 heavy (non-hydrogen) atoms. The van der Waals surface area contributed by atoms with Crippen molar-refractivity contribution in [3.63, 3.8) is 0 Å². The maximum absolute atomic E-state index is 3.94. The molecule has 0 amide bonds. The van der Waals surface area contributed by atoms with Crippen LogP contribution in [0.5, 0.6) is 0 Å². The first-order valence-corrected chi connectivity index (χ1v) is 7.44. The van der Waals surface area contributed by atoms with Gasteiger partial charge in [-0.3, -0.25) is 0 Å². The van der Waals surface area contributed by atoms with Crippen molar-refractivity contribution in [3.8, 4) is 11.4 Å². The zero-order valence-electron chi connectivity index (χ0n) is 12.4. The van der Waals surface area contributed by atoms with E-state index in [9.17, 15) is 0 Å². The molecule has 0 fully saturated rings. The van der Waals surface area contributed by atoms with E-state index in [2.05, 4.69) is 68.4 Å². The van der Waals surface area contributed by atoms with Crippen molar-refractivity contribution in [3.05, 3.63) is 72.3 Å². The van der Waals surface area contributed by atoms with Gasteiger partial charge in [0.25, 0.3) is 0 Å². The van der Waals surface area contributed by atoms with Crippen LogP contribution in [0.3, 0.4) is 0 Å². The Bertz CT molecular complexity index is 931. The smallest absolute Gasteiger partial charge is 0.179 e. The molecule has 1 heterocycles. The number of aromatic nitrogens is 4. The molecule has 1 aromatic heterocycles. The molecule has 0 bridgehead atoms. The molecule has 0 aliphatic rings. The van der Waals surface area contributed by atoms with E-state index in [-0.39, 0.29) is 0 Å². The predicted octanol–water partition coefficient (Wildman–Crippen LogP) is 3.63. The Balaban J connectivity index is 1.53. The van der Waals surface area contributed by atoms with Gasteiger partial charge in [-0.05, 0) is 45.0 Å². The molecule has 0 radical (unpaired) electrons. The van der Waals surface area contributed by atoms with Gasteiger partial charge in [-0.2, -0.15) is 0 Å². The van der Waals surface area contributed by atoms with Crippen LogP contribution in [0.1, 0.15) is 5.56 Å². The second kappa shape index (κ2) is 5.88.